The van der Waals surface area contributed by atoms with Gasteiger partial charge in [0.05, 0.1) is 6.61 Å². The highest BCUT2D eigenvalue weighted by atomic mass is 16.5. The lowest BCUT2D eigenvalue weighted by molar-refractivity contribution is -0.104. The molecule has 4 rings (SSSR count). The quantitative estimate of drug-likeness (QED) is 0.0718. The van der Waals surface area contributed by atoms with Crippen molar-refractivity contribution in [2.45, 2.75) is 153 Å². The van der Waals surface area contributed by atoms with E-state index in [0.29, 0.717) is 23.9 Å². The van der Waals surface area contributed by atoms with Crippen LogP contribution in [0.3, 0.4) is 0 Å². The second-order valence-electron chi connectivity index (χ2n) is 14.7. The zero-order chi connectivity index (χ0) is 44.3. The number of hydrogen-bond acceptors (Lipinski definition) is 6. The van der Waals surface area contributed by atoms with Gasteiger partial charge in [-0.2, -0.15) is 0 Å². The predicted molar refractivity (Wildman–Crippen MR) is 260 cm³/mol. The van der Waals surface area contributed by atoms with Gasteiger partial charge in [-0.15, -0.1) is 0 Å². The number of para-hydroxylation sites is 1. The molecule has 4 atom stereocenters. The smallest absolute Gasteiger partial charge is 0.149 e. The Labute approximate surface area is 358 Å². The Kier molecular flexibility index (Phi) is 34.8. The molecule has 1 saturated carbocycles. The van der Waals surface area contributed by atoms with E-state index in [0.717, 1.165) is 36.8 Å². The lowest BCUT2D eigenvalue weighted by Crippen LogP contribution is -2.37. The highest BCUT2D eigenvalue weighted by Crippen LogP contribution is 2.32. The second kappa shape index (κ2) is 36.1. The third-order valence-corrected chi connectivity index (χ3v) is 10.4. The molecule has 0 spiro atoms. The van der Waals surface area contributed by atoms with Crippen LogP contribution in [0.15, 0.2) is 102 Å². The van der Waals surface area contributed by atoms with Crippen LogP contribution in [0, 0.1) is 17.8 Å². The minimum Gasteiger partial charge on any atom is -0.495 e. The monoisotopic (exact) mass is 801 g/mol. The predicted octanol–water partition coefficient (Wildman–Crippen LogP) is 14.3. The zero-order valence-electron chi connectivity index (χ0n) is 39.8. The number of hydrogen-bond donors (Lipinski definition) is 1. The summed E-state index contributed by atoms with van der Waals surface area (Å²) >= 11 is 0. The SMILES string of the molecule is C=C(/C=C\C(C=O)=C/CC)OCC.CC.CC.CC1N=C(N(C)C)c2ccccc2N1C.CCC(C)/C(=C/N)c1ccccc1.CCCCC1CCCC(CC)CC1. The molecule has 2 aliphatic rings. The molecule has 1 fully saturated rings. The number of rotatable bonds is 13. The van der Waals surface area contributed by atoms with Crippen LogP contribution in [-0.2, 0) is 9.53 Å². The van der Waals surface area contributed by atoms with E-state index in [1.54, 1.807) is 18.4 Å². The number of carbonyl (C=O) groups excluding carboxylic acids is 1. The van der Waals surface area contributed by atoms with E-state index in [2.05, 4.69) is 99.4 Å². The van der Waals surface area contributed by atoms with E-state index in [1.807, 2.05) is 79.9 Å². The standard InChI is InChI=1S/C13H26.C12H17N3.C12H17N.C11H16O2.2C2H6/c1-3-5-7-13-9-6-8-12(4-2)10-11-13;1-9-13-12(14(2)3)10-7-5-6-8-11(10)15(9)4;1-3-10(2)12(9-13)11-7-5-4-6-8-11;1-4-6-11(9-12)8-7-10(3)13-5-2;2*1-2/h12-13H,3-11H2,1-2H3;5-9H,1-4H3;4-10H,3,13H2,1-2H3;6-9H,3-5H2,1-2H3;2*1-2H3/b;;12-9-;8-7-,11-6+;;. The summed E-state index contributed by atoms with van der Waals surface area (Å²) in [4.78, 5) is 19.4. The Morgan fingerprint density at radius 3 is 2.07 bits per heavy atom. The van der Waals surface area contributed by atoms with E-state index >= 15 is 0 Å². The number of fused-ring (bicyclic) bond motifs is 1. The van der Waals surface area contributed by atoms with Gasteiger partial charge in [0, 0.05) is 38.0 Å². The lowest BCUT2D eigenvalue weighted by Gasteiger charge is -2.33. The maximum atomic E-state index is 10.5. The molecule has 328 valence electrons. The van der Waals surface area contributed by atoms with E-state index in [1.165, 1.54) is 80.2 Å². The molecular weight excluding hydrogens is 713 g/mol. The molecule has 0 aromatic heterocycles. The zero-order valence-corrected chi connectivity index (χ0v) is 39.8. The Balaban J connectivity index is 0. The summed E-state index contributed by atoms with van der Waals surface area (Å²) in [5.41, 5.74) is 11.2. The van der Waals surface area contributed by atoms with Crippen molar-refractivity contribution in [2.75, 3.05) is 32.6 Å². The Morgan fingerprint density at radius 2 is 1.53 bits per heavy atom. The molecule has 1 heterocycles. The first-order valence-corrected chi connectivity index (χ1v) is 22.7. The summed E-state index contributed by atoms with van der Waals surface area (Å²) in [5, 5.41) is 0. The summed E-state index contributed by atoms with van der Waals surface area (Å²) in [6, 6.07) is 18.7. The van der Waals surface area contributed by atoms with Gasteiger partial charge >= 0.3 is 0 Å². The molecule has 0 amide bonds. The van der Waals surface area contributed by atoms with E-state index in [9.17, 15) is 4.79 Å². The number of aliphatic imine (C=N–C) groups is 1. The van der Waals surface area contributed by atoms with Gasteiger partial charge in [0.25, 0.3) is 0 Å². The normalized spacial score (nSPS) is 17.8. The minimum absolute atomic E-state index is 0.206. The second-order valence-corrected chi connectivity index (χ2v) is 14.7. The third-order valence-electron chi connectivity index (χ3n) is 10.4. The molecule has 1 aliphatic carbocycles. The van der Waals surface area contributed by atoms with Gasteiger partial charge in [0.1, 0.15) is 24.0 Å². The van der Waals surface area contributed by atoms with Crippen LogP contribution in [-0.4, -0.2) is 50.9 Å². The number of carbonyl (C=O) groups is 1. The fourth-order valence-electron chi connectivity index (χ4n) is 6.72. The highest BCUT2D eigenvalue weighted by molar-refractivity contribution is 6.04. The number of nitrogens with two attached hydrogens (primary N) is 1. The Morgan fingerprint density at radius 1 is 0.931 bits per heavy atom. The third kappa shape index (κ3) is 22.8. The molecule has 0 radical (unpaired) electrons. The maximum Gasteiger partial charge on any atom is 0.149 e. The summed E-state index contributed by atoms with van der Waals surface area (Å²) < 4.78 is 5.09. The fraction of sp³-hybridized carbons (Fsp3) is 0.577. The van der Waals surface area contributed by atoms with Gasteiger partial charge in [-0.1, -0.05) is 175 Å². The highest BCUT2D eigenvalue weighted by Gasteiger charge is 2.22. The van der Waals surface area contributed by atoms with Crippen LogP contribution < -0.4 is 10.6 Å². The van der Waals surface area contributed by atoms with Crippen molar-refractivity contribution in [1.29, 1.82) is 0 Å². The fourth-order valence-corrected chi connectivity index (χ4v) is 6.72. The van der Waals surface area contributed by atoms with Gasteiger partial charge < -0.3 is 20.3 Å². The van der Waals surface area contributed by atoms with Crippen molar-refractivity contribution < 1.29 is 9.53 Å². The number of aldehydes is 1. The number of unbranched alkanes of at least 4 members (excludes halogenated alkanes) is 1. The van der Waals surface area contributed by atoms with Crippen molar-refractivity contribution in [3.63, 3.8) is 0 Å². The van der Waals surface area contributed by atoms with Crippen molar-refractivity contribution in [3.8, 4) is 0 Å². The van der Waals surface area contributed by atoms with Gasteiger partial charge in [0.15, 0.2) is 0 Å². The van der Waals surface area contributed by atoms with E-state index in [-0.39, 0.29) is 6.17 Å². The molecule has 2 N–H and O–H groups in total. The molecule has 6 nitrogen and oxygen atoms in total. The molecule has 1 aliphatic heterocycles. The first kappa shape index (κ1) is 56.0. The average Bonchev–Trinajstić information content (AvgIpc) is 3.51. The van der Waals surface area contributed by atoms with Crippen molar-refractivity contribution in [3.05, 3.63) is 108 Å². The van der Waals surface area contributed by atoms with Crippen molar-refractivity contribution >= 4 is 23.4 Å². The van der Waals surface area contributed by atoms with E-state index in [4.69, 9.17) is 10.5 Å². The Hall–Kier alpha value is -4.06. The molecule has 58 heavy (non-hydrogen) atoms. The number of ether oxygens (including phenoxy) is 1. The molecule has 6 heteroatoms. The van der Waals surface area contributed by atoms with Crippen LogP contribution in [0.5, 0.6) is 0 Å². The van der Waals surface area contributed by atoms with Crippen LogP contribution in [0.25, 0.3) is 5.57 Å². The minimum atomic E-state index is 0.206. The van der Waals surface area contributed by atoms with Crippen molar-refractivity contribution in [1.82, 2.24) is 4.90 Å². The number of allylic oxidation sites excluding steroid dienone is 5. The number of anilines is 1. The largest absolute Gasteiger partial charge is 0.495 e. The first-order chi connectivity index (χ1) is 28.0. The number of nitrogens with zero attached hydrogens (tertiary/aromatic N) is 3. The van der Waals surface area contributed by atoms with Gasteiger partial charge in [-0.05, 0) is 86.1 Å². The van der Waals surface area contributed by atoms with Crippen molar-refractivity contribution in [2.24, 2.45) is 28.5 Å². The Bertz CT molecular complexity index is 1440. The van der Waals surface area contributed by atoms with Gasteiger partial charge in [0.2, 0.25) is 0 Å². The van der Waals surface area contributed by atoms with Gasteiger partial charge in [-0.25, -0.2) is 4.99 Å². The van der Waals surface area contributed by atoms with Crippen LogP contribution in [0.4, 0.5) is 5.69 Å². The summed E-state index contributed by atoms with van der Waals surface area (Å²) in [6.07, 6.45) is 23.3. The lowest BCUT2D eigenvalue weighted by atomic mass is 9.93. The molecule has 0 bridgehead atoms. The maximum absolute atomic E-state index is 10.5. The summed E-state index contributed by atoms with van der Waals surface area (Å²) in [6.45, 7) is 27.3. The van der Waals surface area contributed by atoms with Crippen LogP contribution in [0.1, 0.15) is 158 Å². The molecule has 0 saturated heterocycles. The molecular formula is C52H88N4O2. The molecule has 4 unspecified atom stereocenters. The van der Waals surface area contributed by atoms with Gasteiger partial charge in [-0.3, -0.25) is 4.79 Å². The number of benzene rings is 2. The van der Waals surface area contributed by atoms with Crippen LogP contribution >= 0.6 is 0 Å². The van der Waals surface area contributed by atoms with Crippen LogP contribution in [0.2, 0.25) is 0 Å². The summed E-state index contributed by atoms with van der Waals surface area (Å²) in [7, 11) is 6.15. The van der Waals surface area contributed by atoms with E-state index < -0.39 is 0 Å². The topological polar surface area (TPSA) is 71.2 Å². The summed E-state index contributed by atoms with van der Waals surface area (Å²) in [5.74, 6) is 4.32. The number of amidine groups is 1. The molecule has 2 aromatic rings. The first-order valence-electron chi connectivity index (χ1n) is 22.7. The average molecular weight is 801 g/mol. The molecule has 2 aromatic carbocycles.